The van der Waals surface area contributed by atoms with E-state index in [0.717, 1.165) is 0 Å². The van der Waals surface area contributed by atoms with Crippen molar-refractivity contribution >= 4 is 17.7 Å². The molecule has 0 aromatic carbocycles. The summed E-state index contributed by atoms with van der Waals surface area (Å²) in [4.78, 5) is 29.3. The summed E-state index contributed by atoms with van der Waals surface area (Å²) in [5.74, 6) is -3.01. The van der Waals surface area contributed by atoms with Crippen LogP contribution in [0, 0.1) is 0 Å². The van der Waals surface area contributed by atoms with Gasteiger partial charge in [-0.1, -0.05) is 13.8 Å². The van der Waals surface area contributed by atoms with Gasteiger partial charge in [0.1, 0.15) is 6.04 Å². The Labute approximate surface area is 81.7 Å². The summed E-state index contributed by atoms with van der Waals surface area (Å²) in [6, 6.07) is -0.681. The van der Waals surface area contributed by atoms with Crippen LogP contribution in [-0.2, 0) is 14.4 Å². The second-order valence-corrected chi connectivity index (χ2v) is 2.43. The number of ketones is 1. The number of carbonyl (C=O) groups excluding carboxylic acids is 1. The number of rotatable bonds is 4. The molecular weight excluding hydrogens is 190 g/mol. The number of carbonyl (C=O) groups is 3. The highest BCUT2D eigenvalue weighted by atomic mass is 16.4. The molecule has 0 aliphatic heterocycles. The molecule has 82 valence electrons. The molecule has 0 radical (unpaired) electrons. The number of nitrogens with two attached hydrogens (primary N) is 1. The Hall–Kier alpha value is -1.43. The lowest BCUT2D eigenvalue weighted by Gasteiger charge is -1.97. The molecule has 4 N–H and O–H groups in total. The van der Waals surface area contributed by atoms with Crippen LogP contribution in [0.25, 0.3) is 0 Å². The predicted octanol–water partition coefficient (Wildman–Crippen LogP) is -0.142. The molecule has 0 aromatic heterocycles. The van der Waals surface area contributed by atoms with E-state index in [1.807, 2.05) is 0 Å². The minimum atomic E-state index is -1.34. The normalized spacial score (nSPS) is 10.8. The Morgan fingerprint density at radius 2 is 1.64 bits per heavy atom. The van der Waals surface area contributed by atoms with Crippen molar-refractivity contribution in [2.75, 3.05) is 0 Å². The topological polar surface area (TPSA) is 118 Å². The van der Waals surface area contributed by atoms with E-state index in [-0.39, 0.29) is 6.42 Å². The van der Waals surface area contributed by atoms with E-state index in [0.29, 0.717) is 6.42 Å². The number of hydrogen-bond acceptors (Lipinski definition) is 4. The molecule has 14 heavy (non-hydrogen) atoms. The molecule has 0 aliphatic rings. The van der Waals surface area contributed by atoms with E-state index in [4.69, 9.17) is 15.9 Å². The molecule has 6 heteroatoms. The molecule has 0 aliphatic carbocycles. The first-order chi connectivity index (χ1) is 6.36. The zero-order valence-electron chi connectivity index (χ0n) is 8.19. The van der Waals surface area contributed by atoms with Crippen LogP contribution in [0.3, 0.4) is 0 Å². The third-order valence-electron chi connectivity index (χ3n) is 1.32. The number of hydrogen-bond donors (Lipinski definition) is 3. The van der Waals surface area contributed by atoms with E-state index < -0.39 is 23.8 Å². The van der Waals surface area contributed by atoms with Crippen molar-refractivity contribution < 1.29 is 24.6 Å². The van der Waals surface area contributed by atoms with Crippen molar-refractivity contribution in [3.05, 3.63) is 0 Å². The maximum Gasteiger partial charge on any atom is 0.372 e. The van der Waals surface area contributed by atoms with Gasteiger partial charge in [0.05, 0.1) is 0 Å². The first kappa shape index (κ1) is 15.1. The summed E-state index contributed by atoms with van der Waals surface area (Å²) >= 11 is 0. The number of Topliss-reactive ketones (excluding diaryl/α,β-unsaturated/α-hetero) is 1. The summed E-state index contributed by atoms with van der Waals surface area (Å²) in [5.41, 5.74) is 5.02. The number of carboxylic acids is 2. The molecule has 1 atom stereocenters. The van der Waals surface area contributed by atoms with Gasteiger partial charge in [-0.05, 0) is 6.42 Å². The van der Waals surface area contributed by atoms with E-state index >= 15 is 0 Å². The standard InChI is InChI=1S/C4H9NO2.C4H6O3/c2*1-2-3(5)4(6)7/h3H,2,5H2,1H3,(H,6,7);2H2,1H3,(H,6,7). The van der Waals surface area contributed by atoms with E-state index in [2.05, 4.69) is 0 Å². The highest BCUT2D eigenvalue weighted by Crippen LogP contribution is 1.82. The lowest BCUT2D eigenvalue weighted by Crippen LogP contribution is -2.28. The van der Waals surface area contributed by atoms with Crippen molar-refractivity contribution in [1.82, 2.24) is 0 Å². The van der Waals surface area contributed by atoms with Gasteiger partial charge < -0.3 is 15.9 Å². The summed E-state index contributed by atoms with van der Waals surface area (Å²) in [5, 5.41) is 15.9. The van der Waals surface area contributed by atoms with Gasteiger partial charge in [-0.2, -0.15) is 0 Å². The fraction of sp³-hybridized carbons (Fsp3) is 0.625. The van der Waals surface area contributed by atoms with Gasteiger partial charge in [0.25, 0.3) is 0 Å². The minimum absolute atomic E-state index is 0.0787. The molecule has 0 saturated heterocycles. The lowest BCUT2D eigenvalue weighted by molar-refractivity contribution is -0.148. The molecule has 0 fully saturated rings. The molecule has 1 unspecified atom stereocenters. The Balaban J connectivity index is 0. The fourth-order valence-corrected chi connectivity index (χ4v) is 0.326. The van der Waals surface area contributed by atoms with Crippen LogP contribution in [0.1, 0.15) is 26.7 Å². The van der Waals surface area contributed by atoms with Gasteiger partial charge in [0.15, 0.2) is 0 Å². The third kappa shape index (κ3) is 8.66. The van der Waals surface area contributed by atoms with Crippen molar-refractivity contribution in [3.63, 3.8) is 0 Å². The SMILES string of the molecule is CCC(=O)C(=O)O.CCC(N)C(=O)O. The predicted molar refractivity (Wildman–Crippen MR) is 48.8 cm³/mol. The summed E-state index contributed by atoms with van der Waals surface area (Å²) < 4.78 is 0. The average molecular weight is 205 g/mol. The minimum Gasteiger partial charge on any atom is -0.480 e. The number of carboxylic acid groups (broad SMARTS) is 2. The van der Waals surface area contributed by atoms with Crippen LogP contribution in [-0.4, -0.2) is 34.0 Å². The van der Waals surface area contributed by atoms with Crippen LogP contribution in [0.15, 0.2) is 0 Å². The zero-order chi connectivity index (χ0) is 11.7. The van der Waals surface area contributed by atoms with Crippen LogP contribution in [0.4, 0.5) is 0 Å². The van der Waals surface area contributed by atoms with Crippen molar-refractivity contribution in [3.8, 4) is 0 Å². The molecule has 6 nitrogen and oxygen atoms in total. The highest BCUT2D eigenvalue weighted by Gasteiger charge is 2.05. The van der Waals surface area contributed by atoms with Gasteiger partial charge in [-0.3, -0.25) is 9.59 Å². The van der Waals surface area contributed by atoms with E-state index in [1.165, 1.54) is 6.92 Å². The van der Waals surface area contributed by atoms with Crippen molar-refractivity contribution in [2.24, 2.45) is 5.73 Å². The Morgan fingerprint density at radius 3 is 1.64 bits per heavy atom. The molecule has 0 bridgehead atoms. The van der Waals surface area contributed by atoms with Gasteiger partial charge in [0, 0.05) is 6.42 Å². The lowest BCUT2D eigenvalue weighted by atomic mass is 10.2. The number of aliphatic carboxylic acids is 2. The van der Waals surface area contributed by atoms with Crippen LogP contribution < -0.4 is 5.73 Å². The van der Waals surface area contributed by atoms with E-state index in [1.54, 1.807) is 6.92 Å². The zero-order valence-corrected chi connectivity index (χ0v) is 8.19. The summed E-state index contributed by atoms with van der Waals surface area (Å²) in [7, 11) is 0. The van der Waals surface area contributed by atoms with Gasteiger partial charge in [-0.15, -0.1) is 0 Å². The maximum atomic E-state index is 9.91. The summed E-state index contributed by atoms with van der Waals surface area (Å²) in [6.45, 7) is 3.25. The van der Waals surface area contributed by atoms with Crippen LogP contribution >= 0.6 is 0 Å². The smallest absolute Gasteiger partial charge is 0.372 e. The highest BCUT2D eigenvalue weighted by molar-refractivity contribution is 6.32. The summed E-state index contributed by atoms with van der Waals surface area (Å²) in [6.07, 6.45) is 0.574. The second-order valence-electron chi connectivity index (χ2n) is 2.43. The molecule has 0 heterocycles. The van der Waals surface area contributed by atoms with Gasteiger partial charge in [0.2, 0.25) is 5.78 Å². The second kappa shape index (κ2) is 8.18. The van der Waals surface area contributed by atoms with Crippen LogP contribution in [0.5, 0.6) is 0 Å². The largest absolute Gasteiger partial charge is 0.480 e. The van der Waals surface area contributed by atoms with Crippen molar-refractivity contribution in [2.45, 2.75) is 32.7 Å². The van der Waals surface area contributed by atoms with Crippen molar-refractivity contribution in [1.29, 1.82) is 0 Å². The van der Waals surface area contributed by atoms with Gasteiger partial charge in [-0.25, -0.2) is 4.79 Å². The molecule has 0 saturated carbocycles. The first-order valence-corrected chi connectivity index (χ1v) is 4.11. The Kier molecular flexibility index (Phi) is 8.80. The average Bonchev–Trinajstić information content (AvgIpc) is 2.15. The molecule has 0 spiro atoms. The van der Waals surface area contributed by atoms with Crippen LogP contribution in [0.2, 0.25) is 0 Å². The quantitative estimate of drug-likeness (QED) is 0.550. The molecule has 0 aromatic rings. The molecule has 0 rings (SSSR count). The fourth-order valence-electron chi connectivity index (χ4n) is 0.326. The molecular formula is C8H15NO5. The third-order valence-corrected chi connectivity index (χ3v) is 1.32. The Morgan fingerprint density at radius 1 is 1.21 bits per heavy atom. The van der Waals surface area contributed by atoms with Gasteiger partial charge >= 0.3 is 11.9 Å². The van der Waals surface area contributed by atoms with E-state index in [9.17, 15) is 14.4 Å². The monoisotopic (exact) mass is 205 g/mol. The molecule has 0 amide bonds. The maximum absolute atomic E-state index is 9.91. The Bertz CT molecular complexity index is 214. The first-order valence-electron chi connectivity index (χ1n) is 4.11.